The van der Waals surface area contributed by atoms with Crippen molar-refractivity contribution in [1.82, 2.24) is 9.55 Å². The molecule has 0 spiro atoms. The summed E-state index contributed by atoms with van der Waals surface area (Å²) in [5, 5.41) is 0. The monoisotopic (exact) mass is 266 g/mol. The van der Waals surface area contributed by atoms with Gasteiger partial charge in [0.15, 0.2) is 0 Å². The van der Waals surface area contributed by atoms with Crippen LogP contribution in [0.3, 0.4) is 0 Å². The molecule has 2 heterocycles. The van der Waals surface area contributed by atoms with E-state index in [1.54, 1.807) is 7.11 Å². The Balaban J connectivity index is 1.99. The van der Waals surface area contributed by atoms with Gasteiger partial charge in [0, 0.05) is 39.5 Å². The second-order valence-electron chi connectivity index (χ2n) is 5.39. The molecule has 0 aliphatic carbocycles. The summed E-state index contributed by atoms with van der Waals surface area (Å²) in [5.74, 6) is 1.80. The zero-order valence-corrected chi connectivity index (χ0v) is 12.1. The first kappa shape index (κ1) is 14.3. The lowest BCUT2D eigenvalue weighted by atomic mass is 9.97. The lowest BCUT2D eigenvalue weighted by Gasteiger charge is -2.32. The number of hydrogen-bond donors (Lipinski definition) is 1. The van der Waals surface area contributed by atoms with Gasteiger partial charge in [-0.3, -0.25) is 0 Å². The van der Waals surface area contributed by atoms with E-state index in [2.05, 4.69) is 27.6 Å². The molecule has 19 heavy (non-hydrogen) atoms. The smallest absolute Gasteiger partial charge is 0.205 e. The molecule has 2 N–H and O–H groups in total. The molecule has 0 aromatic carbocycles. The molecule has 0 saturated carbocycles. The largest absolute Gasteiger partial charge is 0.385 e. The van der Waals surface area contributed by atoms with E-state index in [0.717, 1.165) is 50.8 Å². The number of rotatable bonds is 6. The van der Waals surface area contributed by atoms with Crippen LogP contribution in [0.15, 0.2) is 6.20 Å². The van der Waals surface area contributed by atoms with Gasteiger partial charge in [0.1, 0.15) is 0 Å². The van der Waals surface area contributed by atoms with Crippen molar-refractivity contribution in [3.8, 4) is 0 Å². The number of nitrogens with zero attached hydrogens (tertiary/aromatic N) is 3. The van der Waals surface area contributed by atoms with E-state index in [9.17, 15) is 0 Å². The molecule has 2 rings (SSSR count). The number of ether oxygens (including phenoxy) is 1. The van der Waals surface area contributed by atoms with Crippen LogP contribution in [-0.4, -0.2) is 42.9 Å². The highest BCUT2D eigenvalue weighted by Gasteiger charge is 2.21. The van der Waals surface area contributed by atoms with Crippen LogP contribution in [-0.2, 0) is 11.3 Å². The second-order valence-corrected chi connectivity index (χ2v) is 5.39. The molecule has 1 aliphatic heterocycles. The molecular formula is C14H26N4O. The third kappa shape index (κ3) is 3.70. The van der Waals surface area contributed by atoms with E-state index in [4.69, 9.17) is 10.5 Å². The van der Waals surface area contributed by atoms with Crippen LogP contribution in [0.25, 0.3) is 0 Å². The Labute approximate surface area is 115 Å². The number of piperidine rings is 1. The van der Waals surface area contributed by atoms with Crippen LogP contribution in [0, 0.1) is 12.8 Å². The summed E-state index contributed by atoms with van der Waals surface area (Å²) in [4.78, 5) is 7.08. The normalized spacial score (nSPS) is 17.1. The highest BCUT2D eigenvalue weighted by molar-refractivity contribution is 5.34. The van der Waals surface area contributed by atoms with Crippen LogP contribution >= 0.6 is 0 Å². The van der Waals surface area contributed by atoms with Crippen molar-refractivity contribution >= 4 is 5.95 Å². The number of aryl methyl sites for hydroxylation is 2. The van der Waals surface area contributed by atoms with Gasteiger partial charge in [-0.25, -0.2) is 4.98 Å². The average Bonchev–Trinajstić information content (AvgIpc) is 2.80. The Hall–Kier alpha value is -1.07. The van der Waals surface area contributed by atoms with Gasteiger partial charge in [0.2, 0.25) is 5.95 Å². The van der Waals surface area contributed by atoms with E-state index in [0.29, 0.717) is 5.92 Å². The van der Waals surface area contributed by atoms with Crippen molar-refractivity contribution in [1.29, 1.82) is 0 Å². The molecule has 1 aromatic rings. The summed E-state index contributed by atoms with van der Waals surface area (Å²) in [6.45, 7) is 6.79. The fraction of sp³-hybridized carbons (Fsp3) is 0.786. The SMILES string of the molecule is COCCCn1cc(C)nc1N1CCC(CN)CC1. The van der Waals surface area contributed by atoms with E-state index < -0.39 is 0 Å². The van der Waals surface area contributed by atoms with Crippen molar-refractivity contribution in [3.05, 3.63) is 11.9 Å². The Morgan fingerprint density at radius 3 is 2.79 bits per heavy atom. The molecule has 1 aromatic heterocycles. The first-order valence-corrected chi connectivity index (χ1v) is 7.22. The van der Waals surface area contributed by atoms with Crippen molar-refractivity contribution in [2.45, 2.75) is 32.7 Å². The number of aromatic nitrogens is 2. The lowest BCUT2D eigenvalue weighted by Crippen LogP contribution is -2.37. The fourth-order valence-electron chi connectivity index (χ4n) is 2.70. The first-order chi connectivity index (χ1) is 9.24. The van der Waals surface area contributed by atoms with Crippen LogP contribution in [0.5, 0.6) is 0 Å². The van der Waals surface area contributed by atoms with Crippen LogP contribution < -0.4 is 10.6 Å². The average molecular weight is 266 g/mol. The minimum absolute atomic E-state index is 0.689. The molecule has 0 bridgehead atoms. The van der Waals surface area contributed by atoms with E-state index in [-0.39, 0.29) is 0 Å². The van der Waals surface area contributed by atoms with Crippen molar-refractivity contribution in [2.75, 3.05) is 38.3 Å². The molecule has 1 saturated heterocycles. The number of imidazole rings is 1. The first-order valence-electron chi connectivity index (χ1n) is 7.22. The summed E-state index contributed by atoms with van der Waals surface area (Å²) in [6, 6.07) is 0. The maximum atomic E-state index is 5.75. The Kier molecular flexibility index (Phi) is 5.22. The third-order valence-electron chi connectivity index (χ3n) is 3.85. The van der Waals surface area contributed by atoms with Gasteiger partial charge in [-0.2, -0.15) is 0 Å². The minimum Gasteiger partial charge on any atom is -0.385 e. The van der Waals surface area contributed by atoms with Gasteiger partial charge in [-0.05, 0) is 38.6 Å². The van der Waals surface area contributed by atoms with E-state index >= 15 is 0 Å². The van der Waals surface area contributed by atoms with Crippen molar-refractivity contribution in [3.63, 3.8) is 0 Å². The van der Waals surface area contributed by atoms with Crippen molar-refractivity contribution < 1.29 is 4.74 Å². The van der Waals surface area contributed by atoms with Gasteiger partial charge >= 0.3 is 0 Å². The topological polar surface area (TPSA) is 56.3 Å². The van der Waals surface area contributed by atoms with E-state index in [1.165, 1.54) is 12.8 Å². The van der Waals surface area contributed by atoms with Crippen LogP contribution in [0.2, 0.25) is 0 Å². The maximum absolute atomic E-state index is 5.75. The summed E-state index contributed by atoms with van der Waals surface area (Å²) < 4.78 is 7.38. The highest BCUT2D eigenvalue weighted by Crippen LogP contribution is 2.22. The molecule has 108 valence electrons. The molecule has 0 atom stereocenters. The minimum atomic E-state index is 0.689. The Morgan fingerprint density at radius 1 is 1.42 bits per heavy atom. The Bertz CT molecular complexity index is 383. The van der Waals surface area contributed by atoms with Crippen LogP contribution in [0.1, 0.15) is 25.0 Å². The van der Waals surface area contributed by atoms with Gasteiger partial charge in [-0.1, -0.05) is 0 Å². The summed E-state index contributed by atoms with van der Waals surface area (Å²) in [6.07, 6.45) is 5.53. The lowest BCUT2D eigenvalue weighted by molar-refractivity contribution is 0.190. The maximum Gasteiger partial charge on any atom is 0.205 e. The summed E-state index contributed by atoms with van der Waals surface area (Å²) >= 11 is 0. The zero-order valence-electron chi connectivity index (χ0n) is 12.1. The molecule has 5 heteroatoms. The molecule has 1 aliphatic rings. The summed E-state index contributed by atoms with van der Waals surface area (Å²) in [7, 11) is 1.75. The zero-order chi connectivity index (χ0) is 13.7. The van der Waals surface area contributed by atoms with Gasteiger partial charge in [0.05, 0.1) is 5.69 Å². The molecule has 1 fully saturated rings. The predicted molar refractivity (Wildman–Crippen MR) is 77.4 cm³/mol. The van der Waals surface area contributed by atoms with Crippen LogP contribution in [0.4, 0.5) is 5.95 Å². The molecule has 5 nitrogen and oxygen atoms in total. The Morgan fingerprint density at radius 2 is 2.16 bits per heavy atom. The quantitative estimate of drug-likeness (QED) is 0.791. The number of nitrogens with two attached hydrogens (primary N) is 1. The standard InChI is InChI=1S/C14H26N4O/c1-12-11-18(6-3-9-19-2)14(16-12)17-7-4-13(10-15)5-8-17/h11,13H,3-10,15H2,1-2H3. The fourth-order valence-corrected chi connectivity index (χ4v) is 2.70. The molecule has 0 radical (unpaired) electrons. The predicted octanol–water partition coefficient (Wildman–Crippen LogP) is 1.40. The highest BCUT2D eigenvalue weighted by atomic mass is 16.5. The van der Waals surface area contributed by atoms with Gasteiger partial charge < -0.3 is 19.9 Å². The molecule has 0 amide bonds. The van der Waals surface area contributed by atoms with Gasteiger partial charge in [0.25, 0.3) is 0 Å². The van der Waals surface area contributed by atoms with E-state index in [1.807, 2.05) is 0 Å². The van der Waals surface area contributed by atoms with Crippen molar-refractivity contribution in [2.24, 2.45) is 11.7 Å². The summed E-state index contributed by atoms with van der Waals surface area (Å²) in [5.41, 5.74) is 6.84. The number of methoxy groups -OCH3 is 1. The molecular weight excluding hydrogens is 240 g/mol. The number of hydrogen-bond acceptors (Lipinski definition) is 4. The van der Waals surface area contributed by atoms with Gasteiger partial charge in [-0.15, -0.1) is 0 Å². The third-order valence-corrected chi connectivity index (χ3v) is 3.85. The molecule has 0 unspecified atom stereocenters. The number of anilines is 1. The second kappa shape index (κ2) is 6.91.